The highest BCUT2D eigenvalue weighted by molar-refractivity contribution is 7.92. The van der Waals surface area contributed by atoms with Crippen molar-refractivity contribution >= 4 is 15.7 Å². The van der Waals surface area contributed by atoms with Gasteiger partial charge < -0.3 is 4.74 Å². The molecule has 1 heterocycles. The average molecular weight is 327 g/mol. The first kappa shape index (κ1) is 15.0. The predicted octanol–water partition coefficient (Wildman–Crippen LogP) is 3.07. The van der Waals surface area contributed by atoms with E-state index in [0.717, 1.165) is 0 Å². The molecule has 1 N–H and O–H groups in total. The van der Waals surface area contributed by atoms with Gasteiger partial charge in [-0.05, 0) is 42.5 Å². The summed E-state index contributed by atoms with van der Waals surface area (Å²) in [6.45, 7) is 0. The summed E-state index contributed by atoms with van der Waals surface area (Å²) in [7, 11) is -3.60. The smallest absolute Gasteiger partial charge is 0.321 e. The summed E-state index contributed by atoms with van der Waals surface area (Å²) in [4.78, 5) is 8.11. The molecule has 1 aromatic heterocycles. The Balaban J connectivity index is 1.73. The van der Waals surface area contributed by atoms with E-state index in [2.05, 4.69) is 14.7 Å². The van der Waals surface area contributed by atoms with Crippen LogP contribution in [0.3, 0.4) is 0 Å². The summed E-state index contributed by atoms with van der Waals surface area (Å²) < 4.78 is 32.4. The van der Waals surface area contributed by atoms with E-state index >= 15 is 0 Å². The van der Waals surface area contributed by atoms with Crippen LogP contribution in [0.5, 0.6) is 11.8 Å². The zero-order chi connectivity index (χ0) is 16.1. The third-order valence-corrected chi connectivity index (χ3v) is 4.31. The molecular formula is C16H13N3O3S. The van der Waals surface area contributed by atoms with Gasteiger partial charge in [-0.15, -0.1) is 0 Å². The number of hydrogen-bond acceptors (Lipinski definition) is 5. The molecule has 0 amide bonds. The fraction of sp³-hybridized carbons (Fsp3) is 0. The summed E-state index contributed by atoms with van der Waals surface area (Å²) in [5.41, 5.74) is 0.440. The molecule has 7 heteroatoms. The second-order valence-electron chi connectivity index (χ2n) is 4.58. The maximum absolute atomic E-state index is 12.2. The Morgan fingerprint density at radius 1 is 0.826 bits per heavy atom. The van der Waals surface area contributed by atoms with Crippen LogP contribution in [0, 0.1) is 0 Å². The maximum Gasteiger partial charge on any atom is 0.321 e. The molecule has 0 unspecified atom stereocenters. The van der Waals surface area contributed by atoms with Gasteiger partial charge in [0, 0.05) is 18.1 Å². The second kappa shape index (κ2) is 6.45. The van der Waals surface area contributed by atoms with Gasteiger partial charge >= 0.3 is 6.01 Å². The number of hydrogen-bond donors (Lipinski definition) is 1. The minimum absolute atomic E-state index is 0.206. The molecule has 0 atom stereocenters. The van der Waals surface area contributed by atoms with E-state index in [-0.39, 0.29) is 10.9 Å². The molecule has 0 bridgehead atoms. The van der Waals surface area contributed by atoms with Gasteiger partial charge in [0.15, 0.2) is 0 Å². The predicted molar refractivity (Wildman–Crippen MR) is 85.8 cm³/mol. The molecule has 3 aromatic rings. The number of sulfonamides is 1. The van der Waals surface area contributed by atoms with Crippen molar-refractivity contribution in [1.29, 1.82) is 0 Å². The summed E-state index contributed by atoms with van der Waals surface area (Å²) in [5.74, 6) is 0.513. The van der Waals surface area contributed by atoms with Gasteiger partial charge in [-0.1, -0.05) is 18.2 Å². The van der Waals surface area contributed by atoms with Gasteiger partial charge in [-0.3, -0.25) is 4.72 Å². The summed E-state index contributed by atoms with van der Waals surface area (Å²) in [6, 6.07) is 16.6. The van der Waals surface area contributed by atoms with Crippen LogP contribution in [0.1, 0.15) is 0 Å². The monoisotopic (exact) mass is 327 g/mol. The lowest BCUT2D eigenvalue weighted by Gasteiger charge is -2.09. The van der Waals surface area contributed by atoms with E-state index in [9.17, 15) is 8.42 Å². The van der Waals surface area contributed by atoms with Crippen molar-refractivity contribution in [3.8, 4) is 11.8 Å². The minimum Gasteiger partial charge on any atom is -0.424 e. The summed E-state index contributed by atoms with van der Waals surface area (Å²) >= 11 is 0. The first-order valence-electron chi connectivity index (χ1n) is 6.76. The molecule has 3 rings (SSSR count). The topological polar surface area (TPSA) is 81.2 Å². The van der Waals surface area contributed by atoms with E-state index in [1.54, 1.807) is 60.9 Å². The van der Waals surface area contributed by atoms with E-state index < -0.39 is 10.0 Å². The Morgan fingerprint density at radius 2 is 1.48 bits per heavy atom. The highest BCUT2D eigenvalue weighted by Gasteiger charge is 2.13. The van der Waals surface area contributed by atoms with Crippen LogP contribution >= 0.6 is 0 Å². The van der Waals surface area contributed by atoms with Crippen LogP contribution in [0.4, 0.5) is 5.69 Å². The standard InChI is InChI=1S/C16H13N3O3S/c20-23(21,15-5-2-1-3-6-15)19-13-7-9-14(10-8-13)22-16-17-11-4-12-18-16/h1-12,19H. The molecule has 0 radical (unpaired) electrons. The Labute approximate surface area is 133 Å². The average Bonchev–Trinajstić information content (AvgIpc) is 2.58. The molecule has 23 heavy (non-hydrogen) atoms. The van der Waals surface area contributed by atoms with Crippen LogP contribution in [0.15, 0.2) is 78.0 Å². The van der Waals surface area contributed by atoms with Gasteiger partial charge in [0.1, 0.15) is 5.75 Å². The molecule has 0 saturated carbocycles. The van der Waals surface area contributed by atoms with Gasteiger partial charge in [0.05, 0.1) is 4.90 Å². The van der Waals surface area contributed by atoms with Crippen molar-refractivity contribution in [3.63, 3.8) is 0 Å². The number of nitrogens with zero attached hydrogens (tertiary/aromatic N) is 2. The van der Waals surface area contributed by atoms with Crippen LogP contribution in [0.2, 0.25) is 0 Å². The highest BCUT2D eigenvalue weighted by Crippen LogP contribution is 2.21. The Hall–Kier alpha value is -2.93. The zero-order valence-electron chi connectivity index (χ0n) is 12.0. The van der Waals surface area contributed by atoms with Crippen LogP contribution in [0.25, 0.3) is 0 Å². The van der Waals surface area contributed by atoms with E-state index in [4.69, 9.17) is 4.74 Å². The van der Waals surface area contributed by atoms with Gasteiger partial charge in [-0.2, -0.15) is 0 Å². The maximum atomic E-state index is 12.2. The third-order valence-electron chi connectivity index (χ3n) is 2.91. The largest absolute Gasteiger partial charge is 0.424 e. The normalized spacial score (nSPS) is 11.0. The van der Waals surface area contributed by atoms with Gasteiger partial charge in [0.25, 0.3) is 10.0 Å². The molecule has 6 nitrogen and oxygen atoms in total. The van der Waals surface area contributed by atoms with E-state index in [1.165, 1.54) is 12.1 Å². The molecule has 0 aliphatic carbocycles. The fourth-order valence-electron chi connectivity index (χ4n) is 1.85. The van der Waals surface area contributed by atoms with Crippen LogP contribution in [-0.4, -0.2) is 18.4 Å². The van der Waals surface area contributed by atoms with Crippen molar-refractivity contribution in [2.24, 2.45) is 0 Å². The number of nitrogens with one attached hydrogen (secondary N) is 1. The molecule has 0 spiro atoms. The summed E-state index contributed by atoms with van der Waals surface area (Å²) in [5, 5.41) is 0. The van der Waals surface area contributed by atoms with Crippen LogP contribution in [-0.2, 0) is 10.0 Å². The summed E-state index contributed by atoms with van der Waals surface area (Å²) in [6.07, 6.45) is 3.15. The lowest BCUT2D eigenvalue weighted by molar-refractivity contribution is 0.442. The molecule has 0 aliphatic heterocycles. The lowest BCUT2D eigenvalue weighted by atomic mass is 10.3. The van der Waals surface area contributed by atoms with E-state index in [0.29, 0.717) is 11.4 Å². The van der Waals surface area contributed by atoms with Gasteiger partial charge in [-0.25, -0.2) is 18.4 Å². The number of ether oxygens (including phenoxy) is 1. The molecule has 116 valence electrons. The van der Waals surface area contributed by atoms with Gasteiger partial charge in [0.2, 0.25) is 0 Å². The van der Waals surface area contributed by atoms with Crippen molar-refractivity contribution in [2.75, 3.05) is 4.72 Å². The number of rotatable bonds is 5. The third kappa shape index (κ3) is 3.83. The number of aromatic nitrogens is 2. The fourth-order valence-corrected chi connectivity index (χ4v) is 2.93. The number of anilines is 1. The molecule has 0 aliphatic rings. The van der Waals surface area contributed by atoms with E-state index in [1.807, 2.05) is 0 Å². The zero-order valence-corrected chi connectivity index (χ0v) is 12.8. The van der Waals surface area contributed by atoms with Crippen LogP contribution < -0.4 is 9.46 Å². The van der Waals surface area contributed by atoms with Crippen molar-refractivity contribution < 1.29 is 13.2 Å². The van der Waals surface area contributed by atoms with Crippen molar-refractivity contribution in [2.45, 2.75) is 4.90 Å². The Bertz CT molecular complexity index is 867. The quantitative estimate of drug-likeness (QED) is 0.779. The molecule has 2 aromatic carbocycles. The Kier molecular flexibility index (Phi) is 4.20. The first-order chi connectivity index (χ1) is 11.1. The second-order valence-corrected chi connectivity index (χ2v) is 6.26. The first-order valence-corrected chi connectivity index (χ1v) is 8.25. The number of benzene rings is 2. The van der Waals surface area contributed by atoms with Crippen molar-refractivity contribution in [1.82, 2.24) is 9.97 Å². The molecule has 0 saturated heterocycles. The SMILES string of the molecule is O=S(=O)(Nc1ccc(Oc2ncccn2)cc1)c1ccccc1. The lowest BCUT2D eigenvalue weighted by Crippen LogP contribution is -2.12. The molecular weight excluding hydrogens is 314 g/mol. The molecule has 0 fully saturated rings. The highest BCUT2D eigenvalue weighted by atomic mass is 32.2. The van der Waals surface area contributed by atoms with Crippen molar-refractivity contribution in [3.05, 3.63) is 73.1 Å². The Morgan fingerprint density at radius 3 is 2.13 bits per heavy atom. The minimum atomic E-state index is -3.60.